The fraction of sp³-hybridized carbons (Fsp3) is 0.368. The van der Waals surface area contributed by atoms with Crippen LogP contribution in [0, 0.1) is 13.8 Å². The Hall–Kier alpha value is -2.14. The van der Waals surface area contributed by atoms with Crippen LogP contribution in [0.25, 0.3) is 0 Å². The lowest BCUT2D eigenvalue weighted by molar-refractivity contribution is -0.123. The molecular weight excluding hydrogens is 322 g/mol. The third kappa shape index (κ3) is 3.36. The van der Waals surface area contributed by atoms with E-state index in [-0.39, 0.29) is 5.91 Å². The van der Waals surface area contributed by atoms with E-state index in [0.717, 1.165) is 36.1 Å². The smallest absolute Gasteiger partial charge is 0.349 e. The van der Waals surface area contributed by atoms with E-state index in [1.807, 2.05) is 38.1 Å². The maximum absolute atomic E-state index is 12.3. The molecule has 1 amide bonds. The summed E-state index contributed by atoms with van der Waals surface area (Å²) in [6.45, 7) is 5.47. The van der Waals surface area contributed by atoms with Crippen molar-refractivity contribution in [1.82, 2.24) is 0 Å². The predicted octanol–water partition coefficient (Wildman–Crippen LogP) is 4.04. The molecular formula is C19H21NO3S. The number of fused-ring (bicyclic) bond motifs is 1. The Morgan fingerprint density at radius 2 is 1.92 bits per heavy atom. The molecule has 24 heavy (non-hydrogen) atoms. The Morgan fingerprint density at radius 1 is 1.21 bits per heavy atom. The van der Waals surface area contributed by atoms with Gasteiger partial charge in [-0.1, -0.05) is 18.2 Å². The number of ether oxygens (including phenoxy) is 1. The zero-order chi connectivity index (χ0) is 17.3. The van der Waals surface area contributed by atoms with Crippen molar-refractivity contribution in [3.63, 3.8) is 0 Å². The van der Waals surface area contributed by atoms with Gasteiger partial charge in [-0.2, -0.15) is 0 Å². The van der Waals surface area contributed by atoms with Gasteiger partial charge in [-0.3, -0.25) is 4.79 Å². The number of carbonyl (C=O) groups is 2. The van der Waals surface area contributed by atoms with Crippen molar-refractivity contribution in [1.29, 1.82) is 0 Å². The number of hydrogen-bond donors (Lipinski definition) is 1. The predicted molar refractivity (Wildman–Crippen MR) is 95.8 cm³/mol. The van der Waals surface area contributed by atoms with E-state index < -0.39 is 12.1 Å². The van der Waals surface area contributed by atoms with Crippen LogP contribution in [0.1, 0.15) is 44.6 Å². The number of carbonyl (C=O) groups excluding carboxylic acids is 2. The van der Waals surface area contributed by atoms with E-state index in [0.29, 0.717) is 4.88 Å². The van der Waals surface area contributed by atoms with Gasteiger partial charge in [-0.15, -0.1) is 11.3 Å². The molecule has 1 heterocycles. The third-order valence-electron chi connectivity index (χ3n) is 4.33. The molecule has 0 fully saturated rings. The molecule has 0 saturated carbocycles. The van der Waals surface area contributed by atoms with E-state index in [9.17, 15) is 9.59 Å². The molecule has 4 nitrogen and oxygen atoms in total. The quantitative estimate of drug-likeness (QED) is 0.853. The molecule has 0 saturated heterocycles. The average molecular weight is 343 g/mol. The lowest BCUT2D eigenvalue weighted by Gasteiger charge is -2.16. The van der Waals surface area contributed by atoms with Crippen molar-refractivity contribution in [3.05, 3.63) is 50.7 Å². The number of hydrogen-bond acceptors (Lipinski definition) is 4. The lowest BCUT2D eigenvalue weighted by atomic mass is 10.1. The van der Waals surface area contributed by atoms with Gasteiger partial charge < -0.3 is 10.1 Å². The summed E-state index contributed by atoms with van der Waals surface area (Å²) < 4.78 is 5.35. The number of rotatable bonds is 4. The Balaban J connectivity index is 1.64. The molecule has 1 aromatic carbocycles. The van der Waals surface area contributed by atoms with Gasteiger partial charge in [-0.25, -0.2) is 4.79 Å². The van der Waals surface area contributed by atoms with E-state index in [4.69, 9.17) is 4.74 Å². The Kier molecular flexibility index (Phi) is 4.71. The maximum Gasteiger partial charge on any atom is 0.349 e. The summed E-state index contributed by atoms with van der Waals surface area (Å²) in [7, 11) is 0. The van der Waals surface area contributed by atoms with Crippen LogP contribution >= 0.6 is 11.3 Å². The van der Waals surface area contributed by atoms with Gasteiger partial charge >= 0.3 is 5.97 Å². The van der Waals surface area contributed by atoms with Crippen molar-refractivity contribution in [2.75, 3.05) is 5.32 Å². The molecule has 0 radical (unpaired) electrons. The zero-order valence-corrected chi connectivity index (χ0v) is 15.0. The molecule has 3 rings (SSSR count). The summed E-state index contributed by atoms with van der Waals surface area (Å²) in [5, 5.41) is 2.86. The van der Waals surface area contributed by atoms with Crippen molar-refractivity contribution in [2.45, 2.75) is 46.1 Å². The van der Waals surface area contributed by atoms with Crippen LogP contribution in [0.4, 0.5) is 5.69 Å². The molecule has 0 unspecified atom stereocenters. The Morgan fingerprint density at radius 3 is 2.58 bits per heavy atom. The van der Waals surface area contributed by atoms with Gasteiger partial charge in [0.05, 0.1) is 0 Å². The molecule has 1 N–H and O–H groups in total. The number of aryl methyl sites for hydroxylation is 4. The highest BCUT2D eigenvalue weighted by atomic mass is 32.1. The summed E-state index contributed by atoms with van der Waals surface area (Å²) >= 11 is 1.49. The highest BCUT2D eigenvalue weighted by Crippen LogP contribution is 2.31. The Bertz CT molecular complexity index is 752. The average Bonchev–Trinajstić information content (AvgIpc) is 3.12. The van der Waals surface area contributed by atoms with Crippen molar-refractivity contribution in [3.8, 4) is 0 Å². The van der Waals surface area contributed by atoms with E-state index in [1.54, 1.807) is 6.92 Å². The first-order valence-corrected chi connectivity index (χ1v) is 8.97. The van der Waals surface area contributed by atoms with E-state index >= 15 is 0 Å². The minimum atomic E-state index is -0.839. The molecule has 1 atom stereocenters. The summed E-state index contributed by atoms with van der Waals surface area (Å²) in [4.78, 5) is 26.5. The summed E-state index contributed by atoms with van der Waals surface area (Å²) in [5.74, 6) is -0.733. The SMILES string of the molecule is Cc1cccc(C)c1NC(=O)[C@H](C)OC(=O)c1cc2c(s1)CCC2. The molecule has 0 spiro atoms. The minimum absolute atomic E-state index is 0.315. The molecule has 126 valence electrons. The second-order valence-electron chi connectivity index (χ2n) is 6.22. The van der Waals surface area contributed by atoms with Gasteiger partial charge in [0, 0.05) is 10.6 Å². The number of anilines is 1. The number of benzene rings is 1. The summed E-state index contributed by atoms with van der Waals surface area (Å²) in [6.07, 6.45) is 2.39. The van der Waals surface area contributed by atoms with Gasteiger partial charge in [0.1, 0.15) is 4.88 Å². The summed E-state index contributed by atoms with van der Waals surface area (Å²) in [5.41, 5.74) is 3.99. The molecule has 1 aromatic heterocycles. The molecule has 0 bridgehead atoms. The van der Waals surface area contributed by atoms with Crippen LogP contribution in [-0.4, -0.2) is 18.0 Å². The number of esters is 1. The van der Waals surface area contributed by atoms with Gasteiger partial charge in [0.15, 0.2) is 6.10 Å². The monoisotopic (exact) mass is 343 g/mol. The Labute approximate surface area is 145 Å². The van der Waals surface area contributed by atoms with E-state index in [1.165, 1.54) is 21.8 Å². The lowest BCUT2D eigenvalue weighted by Crippen LogP contribution is -2.30. The zero-order valence-electron chi connectivity index (χ0n) is 14.1. The van der Waals surface area contributed by atoms with Gasteiger partial charge in [-0.05, 0) is 62.8 Å². The van der Waals surface area contributed by atoms with Crippen LogP contribution in [0.5, 0.6) is 0 Å². The second-order valence-corrected chi connectivity index (χ2v) is 7.35. The number of para-hydroxylation sites is 1. The fourth-order valence-corrected chi connectivity index (χ4v) is 4.07. The van der Waals surface area contributed by atoms with Gasteiger partial charge in [0.2, 0.25) is 0 Å². The normalized spacial score (nSPS) is 14.1. The highest BCUT2D eigenvalue weighted by molar-refractivity contribution is 7.14. The first-order chi connectivity index (χ1) is 11.5. The van der Waals surface area contributed by atoms with Crippen LogP contribution < -0.4 is 5.32 Å². The number of nitrogens with one attached hydrogen (secondary N) is 1. The number of thiophene rings is 1. The molecule has 5 heteroatoms. The van der Waals surface area contributed by atoms with Gasteiger partial charge in [0.25, 0.3) is 5.91 Å². The highest BCUT2D eigenvalue weighted by Gasteiger charge is 2.23. The molecule has 0 aliphatic heterocycles. The topological polar surface area (TPSA) is 55.4 Å². The molecule has 1 aliphatic carbocycles. The number of amides is 1. The fourth-order valence-electron chi connectivity index (χ4n) is 2.94. The maximum atomic E-state index is 12.3. The van der Waals surface area contributed by atoms with Crippen molar-refractivity contribution in [2.24, 2.45) is 0 Å². The summed E-state index contributed by atoms with van der Waals surface area (Å²) in [6, 6.07) is 7.73. The minimum Gasteiger partial charge on any atom is -0.448 e. The van der Waals surface area contributed by atoms with Crippen molar-refractivity contribution < 1.29 is 14.3 Å². The second kappa shape index (κ2) is 6.77. The molecule has 1 aliphatic rings. The molecule has 2 aromatic rings. The third-order valence-corrected chi connectivity index (χ3v) is 5.55. The first-order valence-electron chi connectivity index (χ1n) is 8.15. The van der Waals surface area contributed by atoms with Crippen LogP contribution in [0.2, 0.25) is 0 Å². The standard InChI is InChI=1S/C19H21NO3S/c1-11-6-4-7-12(2)17(11)20-18(21)13(3)23-19(22)16-10-14-8-5-9-15(14)24-16/h4,6-7,10,13H,5,8-9H2,1-3H3,(H,20,21)/t13-/m0/s1. The van der Waals surface area contributed by atoms with Crippen LogP contribution in [0.15, 0.2) is 24.3 Å². The largest absolute Gasteiger partial charge is 0.448 e. The van der Waals surface area contributed by atoms with E-state index in [2.05, 4.69) is 5.32 Å². The first kappa shape index (κ1) is 16.7. The van der Waals surface area contributed by atoms with Crippen LogP contribution in [-0.2, 0) is 22.4 Å². The van der Waals surface area contributed by atoms with Crippen LogP contribution in [0.3, 0.4) is 0 Å². The van der Waals surface area contributed by atoms with Crippen molar-refractivity contribution >= 4 is 28.9 Å².